The Kier molecular flexibility index (Phi) is 3.66. The van der Waals surface area contributed by atoms with Gasteiger partial charge in [-0.2, -0.15) is 0 Å². The van der Waals surface area contributed by atoms with Gasteiger partial charge < -0.3 is 15.6 Å². The van der Waals surface area contributed by atoms with Gasteiger partial charge in [0.1, 0.15) is 6.61 Å². The lowest BCUT2D eigenvalue weighted by molar-refractivity contribution is -0.141. The molecule has 5 nitrogen and oxygen atoms in total. The summed E-state index contributed by atoms with van der Waals surface area (Å²) in [6.45, 7) is 6.26. The average Bonchev–Trinajstić information content (AvgIpc) is 3.05. The minimum Gasteiger partial charge on any atom is -0.481 e. The number of benzene rings is 1. The van der Waals surface area contributed by atoms with Crippen molar-refractivity contribution in [2.75, 3.05) is 5.73 Å². The van der Waals surface area contributed by atoms with Gasteiger partial charge in [0.25, 0.3) is 0 Å². The van der Waals surface area contributed by atoms with Crippen molar-refractivity contribution in [1.82, 2.24) is 0 Å². The second kappa shape index (κ2) is 5.41. The molecule has 122 valence electrons. The lowest BCUT2D eigenvalue weighted by Gasteiger charge is -2.17. The van der Waals surface area contributed by atoms with E-state index in [4.69, 9.17) is 10.5 Å². The molecule has 3 rings (SSSR count). The summed E-state index contributed by atoms with van der Waals surface area (Å²) in [7, 11) is 0. The van der Waals surface area contributed by atoms with Gasteiger partial charge >= 0.3 is 11.9 Å². The van der Waals surface area contributed by atoms with E-state index < -0.39 is 5.97 Å². The van der Waals surface area contributed by atoms with Gasteiger partial charge in [0.2, 0.25) is 0 Å². The zero-order chi connectivity index (χ0) is 16.9. The second-order valence-corrected chi connectivity index (χ2v) is 6.58. The molecule has 0 radical (unpaired) electrons. The molecule has 1 aromatic carbocycles. The van der Waals surface area contributed by atoms with Crippen molar-refractivity contribution in [2.45, 2.75) is 46.6 Å². The number of allylic oxidation sites excluding steroid dienone is 2. The Morgan fingerprint density at radius 3 is 2.57 bits per heavy atom. The summed E-state index contributed by atoms with van der Waals surface area (Å²) in [6.07, 6.45) is 1.75. The molecule has 1 atom stereocenters. The van der Waals surface area contributed by atoms with Crippen LogP contribution in [0.5, 0.6) is 0 Å². The predicted octanol–water partition coefficient (Wildman–Crippen LogP) is 2.91. The van der Waals surface area contributed by atoms with E-state index in [1.807, 2.05) is 20.8 Å². The SMILES string of the molecule is CC1=C(Cc2c(C)c(C)c3c(c2N)C(=O)OC3)CC(C(=O)O)C1. The minimum atomic E-state index is -0.752. The van der Waals surface area contributed by atoms with Crippen LogP contribution in [-0.4, -0.2) is 17.0 Å². The first-order chi connectivity index (χ1) is 10.8. The summed E-state index contributed by atoms with van der Waals surface area (Å²) in [4.78, 5) is 23.2. The Labute approximate surface area is 135 Å². The topological polar surface area (TPSA) is 89.6 Å². The van der Waals surface area contributed by atoms with Crippen LogP contribution in [0.25, 0.3) is 0 Å². The molecule has 0 bridgehead atoms. The highest BCUT2D eigenvalue weighted by atomic mass is 16.5. The second-order valence-electron chi connectivity index (χ2n) is 6.58. The minimum absolute atomic E-state index is 0.286. The van der Waals surface area contributed by atoms with Crippen molar-refractivity contribution in [3.8, 4) is 0 Å². The molecule has 5 heteroatoms. The van der Waals surface area contributed by atoms with Crippen LogP contribution in [-0.2, 0) is 22.6 Å². The Hall–Kier alpha value is -2.30. The number of carboxylic acid groups (broad SMARTS) is 1. The summed E-state index contributed by atoms with van der Waals surface area (Å²) in [5, 5.41) is 9.22. The molecule has 3 N–H and O–H groups in total. The summed E-state index contributed by atoms with van der Waals surface area (Å²) < 4.78 is 5.13. The Bertz CT molecular complexity index is 761. The lowest BCUT2D eigenvalue weighted by Crippen LogP contribution is -2.11. The number of fused-ring (bicyclic) bond motifs is 1. The Balaban J connectivity index is 2.01. The zero-order valence-electron chi connectivity index (χ0n) is 13.7. The third-order valence-corrected chi connectivity index (χ3v) is 5.30. The number of cyclic esters (lactones) is 1. The molecule has 1 aliphatic heterocycles. The number of carbonyl (C=O) groups excluding carboxylic acids is 1. The summed E-state index contributed by atoms with van der Waals surface area (Å²) >= 11 is 0. The molecule has 1 aromatic rings. The van der Waals surface area contributed by atoms with Gasteiger partial charge in [0.15, 0.2) is 0 Å². The predicted molar refractivity (Wildman–Crippen MR) is 86.2 cm³/mol. The molecule has 0 spiro atoms. The first kappa shape index (κ1) is 15.6. The highest BCUT2D eigenvalue weighted by Crippen LogP contribution is 2.39. The number of esters is 1. The molecule has 0 amide bonds. The molecule has 2 aliphatic rings. The van der Waals surface area contributed by atoms with Crippen molar-refractivity contribution in [2.24, 2.45) is 5.92 Å². The first-order valence-electron chi connectivity index (χ1n) is 7.79. The number of carboxylic acids is 1. The molecule has 1 aliphatic carbocycles. The van der Waals surface area contributed by atoms with E-state index in [2.05, 4.69) is 0 Å². The maximum absolute atomic E-state index is 12.0. The van der Waals surface area contributed by atoms with E-state index in [0.29, 0.717) is 30.5 Å². The maximum atomic E-state index is 12.0. The third-order valence-electron chi connectivity index (χ3n) is 5.30. The molecule has 23 heavy (non-hydrogen) atoms. The van der Waals surface area contributed by atoms with Crippen LogP contribution in [0, 0.1) is 19.8 Å². The van der Waals surface area contributed by atoms with Crippen molar-refractivity contribution < 1.29 is 19.4 Å². The molecular formula is C18H21NO4. The van der Waals surface area contributed by atoms with Gasteiger partial charge in [-0.1, -0.05) is 11.1 Å². The standard InChI is InChI=1S/C18H21NO4/c1-8-4-12(17(20)21)5-11(8)6-13-9(2)10(3)14-7-23-18(22)15(14)16(13)19/h12H,4-7,19H2,1-3H3,(H,20,21). The first-order valence-corrected chi connectivity index (χ1v) is 7.79. The van der Waals surface area contributed by atoms with E-state index in [-0.39, 0.29) is 18.5 Å². The zero-order valence-corrected chi connectivity index (χ0v) is 13.7. The Morgan fingerprint density at radius 2 is 1.96 bits per heavy atom. The molecule has 1 heterocycles. The van der Waals surface area contributed by atoms with E-state index in [1.165, 1.54) is 0 Å². The van der Waals surface area contributed by atoms with Crippen molar-refractivity contribution in [3.63, 3.8) is 0 Å². The number of carbonyl (C=O) groups is 2. The van der Waals surface area contributed by atoms with Crippen molar-refractivity contribution in [1.29, 1.82) is 0 Å². The number of hydrogen-bond donors (Lipinski definition) is 2. The summed E-state index contributed by atoms with van der Waals surface area (Å²) in [6, 6.07) is 0. The van der Waals surface area contributed by atoms with Crippen LogP contribution in [0.3, 0.4) is 0 Å². The molecule has 0 aromatic heterocycles. The fourth-order valence-corrected chi connectivity index (χ4v) is 3.68. The summed E-state index contributed by atoms with van der Waals surface area (Å²) in [5.41, 5.74) is 13.4. The lowest BCUT2D eigenvalue weighted by atomic mass is 9.88. The number of ether oxygens (including phenoxy) is 1. The summed E-state index contributed by atoms with van der Waals surface area (Å²) in [5.74, 6) is -1.45. The number of nitrogens with two attached hydrogens (primary N) is 1. The maximum Gasteiger partial charge on any atom is 0.341 e. The normalized spacial score (nSPS) is 20.0. The van der Waals surface area contributed by atoms with Gasteiger partial charge in [-0.15, -0.1) is 0 Å². The monoisotopic (exact) mass is 315 g/mol. The fourth-order valence-electron chi connectivity index (χ4n) is 3.68. The van der Waals surface area contributed by atoms with Gasteiger partial charge in [-0.25, -0.2) is 4.79 Å². The van der Waals surface area contributed by atoms with E-state index >= 15 is 0 Å². The van der Waals surface area contributed by atoms with Crippen LogP contribution >= 0.6 is 0 Å². The van der Waals surface area contributed by atoms with Gasteiger partial charge in [-0.05, 0) is 56.7 Å². The Morgan fingerprint density at radius 1 is 1.26 bits per heavy atom. The number of nitrogen functional groups attached to an aromatic ring is 1. The quantitative estimate of drug-likeness (QED) is 0.508. The average molecular weight is 315 g/mol. The van der Waals surface area contributed by atoms with Crippen LogP contribution in [0.15, 0.2) is 11.1 Å². The van der Waals surface area contributed by atoms with E-state index in [1.54, 1.807) is 0 Å². The molecule has 0 saturated heterocycles. The van der Waals surface area contributed by atoms with Gasteiger partial charge in [0, 0.05) is 5.56 Å². The largest absolute Gasteiger partial charge is 0.481 e. The van der Waals surface area contributed by atoms with Crippen molar-refractivity contribution in [3.05, 3.63) is 39.0 Å². The van der Waals surface area contributed by atoms with Crippen LogP contribution < -0.4 is 5.73 Å². The van der Waals surface area contributed by atoms with E-state index in [0.717, 1.165) is 33.4 Å². The smallest absolute Gasteiger partial charge is 0.341 e. The van der Waals surface area contributed by atoms with Gasteiger partial charge in [-0.3, -0.25) is 4.79 Å². The van der Waals surface area contributed by atoms with Gasteiger partial charge in [0.05, 0.1) is 17.2 Å². The molecule has 0 saturated carbocycles. The highest BCUT2D eigenvalue weighted by molar-refractivity contribution is 6.00. The molecule has 1 unspecified atom stereocenters. The van der Waals surface area contributed by atoms with Crippen LogP contribution in [0.4, 0.5) is 5.69 Å². The van der Waals surface area contributed by atoms with Crippen LogP contribution in [0.1, 0.15) is 52.4 Å². The molecular weight excluding hydrogens is 294 g/mol. The number of anilines is 1. The number of rotatable bonds is 3. The number of hydrogen-bond acceptors (Lipinski definition) is 4. The van der Waals surface area contributed by atoms with Crippen LogP contribution in [0.2, 0.25) is 0 Å². The number of aliphatic carboxylic acids is 1. The van der Waals surface area contributed by atoms with Crippen molar-refractivity contribution >= 4 is 17.6 Å². The fraction of sp³-hybridized carbons (Fsp3) is 0.444. The van der Waals surface area contributed by atoms with E-state index in [9.17, 15) is 14.7 Å². The third kappa shape index (κ3) is 2.40. The highest BCUT2D eigenvalue weighted by Gasteiger charge is 2.32. The molecule has 0 fully saturated rings.